The Morgan fingerprint density at radius 3 is 2.48 bits per heavy atom. The Labute approximate surface area is 168 Å². The van der Waals surface area contributed by atoms with Gasteiger partial charge in [-0.2, -0.15) is 4.31 Å². The summed E-state index contributed by atoms with van der Waals surface area (Å²) < 4.78 is 40.1. The molecule has 1 aromatic heterocycles. The lowest BCUT2D eigenvalue weighted by Gasteiger charge is -2.34. The average Bonchev–Trinajstić information content (AvgIpc) is 2.74. The van der Waals surface area contributed by atoms with Crippen molar-refractivity contribution in [3.8, 4) is 0 Å². The first-order valence-electron chi connectivity index (χ1n) is 9.31. The van der Waals surface area contributed by atoms with Crippen LogP contribution in [0.3, 0.4) is 0 Å². The summed E-state index contributed by atoms with van der Waals surface area (Å²) in [7, 11) is -3.78. The van der Waals surface area contributed by atoms with Gasteiger partial charge in [0.2, 0.25) is 15.9 Å². The van der Waals surface area contributed by atoms with Crippen molar-refractivity contribution in [2.45, 2.75) is 11.3 Å². The average molecular weight is 413 g/mol. The van der Waals surface area contributed by atoms with Crippen molar-refractivity contribution in [1.29, 1.82) is 0 Å². The summed E-state index contributed by atoms with van der Waals surface area (Å²) >= 11 is 0. The number of pyridine rings is 1. The Bertz CT molecular complexity index is 1150. The van der Waals surface area contributed by atoms with Crippen LogP contribution in [0.5, 0.6) is 0 Å². The Morgan fingerprint density at radius 1 is 1.00 bits per heavy atom. The minimum atomic E-state index is -3.78. The molecule has 4 rings (SSSR count). The standard InChI is InChI=1S/C21H20FN3O3S/c22-18-7-2-8-19(15-18)29(27,28)25-12-10-24(11-13-25)20(26)14-17-5-1-4-16-6-3-9-23-21(16)17/h1-9,15H,10-14H2. The molecule has 0 saturated carbocycles. The highest BCUT2D eigenvalue weighted by Gasteiger charge is 2.30. The molecule has 3 aromatic rings. The van der Waals surface area contributed by atoms with Gasteiger partial charge in [0.25, 0.3) is 0 Å². The van der Waals surface area contributed by atoms with E-state index in [9.17, 15) is 17.6 Å². The third-order valence-electron chi connectivity index (χ3n) is 5.08. The Hall–Kier alpha value is -2.84. The third kappa shape index (κ3) is 3.99. The first-order valence-corrected chi connectivity index (χ1v) is 10.8. The molecule has 0 atom stereocenters. The van der Waals surface area contributed by atoms with Crippen LogP contribution in [0.2, 0.25) is 0 Å². The largest absolute Gasteiger partial charge is 0.340 e. The van der Waals surface area contributed by atoms with E-state index < -0.39 is 15.8 Å². The summed E-state index contributed by atoms with van der Waals surface area (Å²) in [5.74, 6) is -0.658. The molecule has 29 heavy (non-hydrogen) atoms. The van der Waals surface area contributed by atoms with Crippen LogP contribution in [0.25, 0.3) is 10.9 Å². The van der Waals surface area contributed by atoms with Crippen LogP contribution in [-0.2, 0) is 21.2 Å². The fraction of sp³-hybridized carbons (Fsp3) is 0.238. The van der Waals surface area contributed by atoms with Gasteiger partial charge >= 0.3 is 0 Å². The highest BCUT2D eigenvalue weighted by atomic mass is 32.2. The van der Waals surface area contributed by atoms with Gasteiger partial charge in [-0.25, -0.2) is 12.8 Å². The number of rotatable bonds is 4. The first-order chi connectivity index (χ1) is 13.9. The van der Waals surface area contributed by atoms with Crippen molar-refractivity contribution in [3.05, 3.63) is 72.2 Å². The summed E-state index contributed by atoms with van der Waals surface area (Å²) in [5.41, 5.74) is 1.65. The maximum Gasteiger partial charge on any atom is 0.243 e. The van der Waals surface area contributed by atoms with E-state index in [-0.39, 0.29) is 30.3 Å². The molecule has 0 spiro atoms. The van der Waals surface area contributed by atoms with Crippen molar-refractivity contribution < 1.29 is 17.6 Å². The number of fused-ring (bicyclic) bond motifs is 1. The Morgan fingerprint density at radius 2 is 1.72 bits per heavy atom. The van der Waals surface area contributed by atoms with E-state index in [2.05, 4.69) is 4.98 Å². The van der Waals surface area contributed by atoms with Crippen LogP contribution < -0.4 is 0 Å². The van der Waals surface area contributed by atoms with Crippen LogP contribution >= 0.6 is 0 Å². The predicted molar refractivity (Wildman–Crippen MR) is 107 cm³/mol. The van der Waals surface area contributed by atoms with E-state index in [0.717, 1.165) is 22.5 Å². The molecule has 1 amide bonds. The van der Waals surface area contributed by atoms with Crippen LogP contribution in [-0.4, -0.2) is 54.7 Å². The van der Waals surface area contributed by atoms with Crippen LogP contribution in [0.1, 0.15) is 5.56 Å². The van der Waals surface area contributed by atoms with E-state index in [0.29, 0.717) is 13.1 Å². The number of amides is 1. The molecular formula is C21H20FN3O3S. The van der Waals surface area contributed by atoms with Crippen molar-refractivity contribution in [2.24, 2.45) is 0 Å². The normalized spacial score (nSPS) is 15.6. The first kappa shape index (κ1) is 19.5. The number of sulfonamides is 1. The molecule has 8 heteroatoms. The highest BCUT2D eigenvalue weighted by Crippen LogP contribution is 2.20. The van der Waals surface area contributed by atoms with Crippen molar-refractivity contribution in [1.82, 2.24) is 14.2 Å². The summed E-state index contributed by atoms with van der Waals surface area (Å²) in [6, 6.07) is 14.5. The summed E-state index contributed by atoms with van der Waals surface area (Å²) in [6.07, 6.45) is 1.91. The van der Waals surface area contributed by atoms with Crippen molar-refractivity contribution >= 4 is 26.8 Å². The number of halogens is 1. The topological polar surface area (TPSA) is 70.6 Å². The van der Waals surface area contributed by atoms with Crippen molar-refractivity contribution in [3.63, 3.8) is 0 Å². The lowest BCUT2D eigenvalue weighted by atomic mass is 10.1. The third-order valence-corrected chi connectivity index (χ3v) is 6.98. The molecule has 0 bridgehead atoms. The minimum absolute atomic E-state index is 0.0639. The number of carbonyl (C=O) groups excluding carboxylic acids is 1. The maximum atomic E-state index is 13.4. The van der Waals surface area contributed by atoms with Gasteiger partial charge in [-0.05, 0) is 29.8 Å². The van der Waals surface area contributed by atoms with E-state index in [1.807, 2.05) is 30.3 Å². The zero-order chi connectivity index (χ0) is 20.4. The van der Waals surface area contributed by atoms with Gasteiger partial charge < -0.3 is 4.90 Å². The second-order valence-electron chi connectivity index (χ2n) is 6.91. The summed E-state index contributed by atoms with van der Waals surface area (Å²) in [5, 5.41) is 0.976. The molecule has 150 valence electrons. The number of nitrogens with zero attached hydrogens (tertiary/aromatic N) is 3. The Kier molecular flexibility index (Phi) is 5.29. The fourth-order valence-corrected chi connectivity index (χ4v) is 4.99. The zero-order valence-corrected chi connectivity index (χ0v) is 16.5. The van der Waals surface area contributed by atoms with Crippen LogP contribution in [0, 0.1) is 5.82 Å². The van der Waals surface area contributed by atoms with Gasteiger partial charge in [-0.3, -0.25) is 9.78 Å². The molecular weight excluding hydrogens is 393 g/mol. The number of aromatic nitrogens is 1. The van der Waals surface area contributed by atoms with Crippen molar-refractivity contribution in [2.75, 3.05) is 26.2 Å². The number of para-hydroxylation sites is 1. The van der Waals surface area contributed by atoms with E-state index in [4.69, 9.17) is 0 Å². The minimum Gasteiger partial charge on any atom is -0.340 e. The quantitative estimate of drug-likeness (QED) is 0.659. The number of hydrogen-bond acceptors (Lipinski definition) is 4. The lowest BCUT2D eigenvalue weighted by Crippen LogP contribution is -2.50. The molecule has 0 aliphatic carbocycles. The fourth-order valence-electron chi connectivity index (χ4n) is 3.54. The SMILES string of the molecule is O=C(Cc1cccc2cccnc12)N1CCN(S(=O)(=O)c2cccc(F)c2)CC1. The second-order valence-corrected chi connectivity index (χ2v) is 8.85. The summed E-state index contributed by atoms with van der Waals surface area (Å²) in [6.45, 7) is 0.952. The Balaban J connectivity index is 1.43. The molecule has 1 aliphatic heterocycles. The van der Waals surface area contributed by atoms with Gasteiger partial charge in [-0.1, -0.05) is 30.3 Å². The molecule has 1 saturated heterocycles. The zero-order valence-electron chi connectivity index (χ0n) is 15.7. The molecule has 1 fully saturated rings. The van der Waals surface area contributed by atoms with Gasteiger partial charge in [-0.15, -0.1) is 0 Å². The van der Waals surface area contributed by atoms with Crippen LogP contribution in [0.15, 0.2) is 65.7 Å². The van der Waals surface area contributed by atoms with E-state index in [1.54, 1.807) is 11.1 Å². The maximum absolute atomic E-state index is 13.4. The monoisotopic (exact) mass is 413 g/mol. The second kappa shape index (κ2) is 7.88. The highest BCUT2D eigenvalue weighted by molar-refractivity contribution is 7.89. The molecule has 0 N–H and O–H groups in total. The van der Waals surface area contributed by atoms with Gasteiger partial charge in [0.15, 0.2) is 0 Å². The van der Waals surface area contributed by atoms with E-state index in [1.165, 1.54) is 22.5 Å². The molecule has 0 radical (unpaired) electrons. The smallest absolute Gasteiger partial charge is 0.243 e. The summed E-state index contributed by atoms with van der Waals surface area (Å²) in [4.78, 5) is 18.7. The predicted octanol–water partition coefficient (Wildman–Crippen LogP) is 2.45. The van der Waals surface area contributed by atoms with Gasteiger partial charge in [0.05, 0.1) is 16.8 Å². The number of carbonyl (C=O) groups is 1. The van der Waals surface area contributed by atoms with Gasteiger partial charge in [0, 0.05) is 37.8 Å². The molecule has 1 aliphatic rings. The lowest BCUT2D eigenvalue weighted by molar-refractivity contribution is -0.131. The van der Waals surface area contributed by atoms with Gasteiger partial charge in [0.1, 0.15) is 5.82 Å². The number of hydrogen-bond donors (Lipinski definition) is 0. The molecule has 0 unspecified atom stereocenters. The number of piperazine rings is 1. The van der Waals surface area contributed by atoms with Crippen LogP contribution in [0.4, 0.5) is 4.39 Å². The van der Waals surface area contributed by atoms with E-state index >= 15 is 0 Å². The number of benzene rings is 2. The molecule has 6 nitrogen and oxygen atoms in total. The molecule has 2 aromatic carbocycles. The molecule has 2 heterocycles.